The van der Waals surface area contributed by atoms with Gasteiger partial charge in [-0.05, 0) is 62.1 Å². The maximum atomic E-state index is 11.0. The number of allylic oxidation sites excluding steroid dienone is 2. The number of rotatable bonds is 8. The van der Waals surface area contributed by atoms with Crippen LogP contribution in [-0.2, 0) is 17.6 Å². The molecule has 0 bridgehead atoms. The van der Waals surface area contributed by atoms with E-state index < -0.39 is 5.97 Å². The van der Waals surface area contributed by atoms with Crippen LogP contribution in [0.4, 0.5) is 5.13 Å². The molecule has 0 spiro atoms. The number of carboxylic acids is 1. The number of thiazole rings is 1. The molecule has 1 fully saturated rings. The average molecular weight is 441 g/mol. The highest BCUT2D eigenvalue weighted by atomic mass is 32.1. The van der Waals surface area contributed by atoms with Gasteiger partial charge in [-0.15, -0.1) is 11.3 Å². The first-order chi connectivity index (χ1) is 15.0. The van der Waals surface area contributed by atoms with Gasteiger partial charge in [-0.1, -0.05) is 25.1 Å². The molecular formula is C25H32N2O3S. The van der Waals surface area contributed by atoms with Crippen molar-refractivity contribution in [3.05, 3.63) is 46.0 Å². The van der Waals surface area contributed by atoms with Crippen molar-refractivity contribution in [1.29, 1.82) is 0 Å². The van der Waals surface area contributed by atoms with E-state index in [1.165, 1.54) is 23.3 Å². The summed E-state index contributed by atoms with van der Waals surface area (Å²) in [6.07, 6.45) is 8.09. The van der Waals surface area contributed by atoms with Gasteiger partial charge in [0.25, 0.3) is 0 Å². The Kier molecular flexibility index (Phi) is 6.96. The van der Waals surface area contributed by atoms with Gasteiger partial charge in [-0.2, -0.15) is 0 Å². The molecule has 0 radical (unpaired) electrons. The Morgan fingerprint density at radius 1 is 1.29 bits per heavy atom. The quantitative estimate of drug-likeness (QED) is 0.587. The predicted octanol–water partition coefficient (Wildman–Crippen LogP) is 5.50. The van der Waals surface area contributed by atoms with Gasteiger partial charge < -0.3 is 14.7 Å². The number of benzene rings is 1. The third-order valence-electron chi connectivity index (χ3n) is 6.40. The minimum atomic E-state index is -0.752. The minimum absolute atomic E-state index is 0.164. The standard InChI is InChI=1S/C25H32N2O3S/c1-17-11-14-27(15-12-17)25-26-22(18(2)31-25)13-16-30-23-8-4-6-20-19(9-10-24(28)29)5-3-7-21(20)23/h4-6,8,17H,3,7,9-16H2,1-2H3,(H,28,29). The van der Waals surface area contributed by atoms with Gasteiger partial charge in [0, 0.05) is 36.4 Å². The molecule has 0 amide bonds. The van der Waals surface area contributed by atoms with Gasteiger partial charge in [0.15, 0.2) is 5.13 Å². The Morgan fingerprint density at radius 2 is 2.10 bits per heavy atom. The Labute approximate surface area is 188 Å². The van der Waals surface area contributed by atoms with E-state index in [0.717, 1.165) is 66.0 Å². The van der Waals surface area contributed by atoms with Crippen molar-refractivity contribution in [1.82, 2.24) is 4.98 Å². The second-order valence-electron chi connectivity index (χ2n) is 8.71. The highest BCUT2D eigenvalue weighted by molar-refractivity contribution is 7.15. The molecule has 1 aliphatic heterocycles. The van der Waals surface area contributed by atoms with Crippen LogP contribution in [0.25, 0.3) is 5.57 Å². The van der Waals surface area contributed by atoms with Crippen LogP contribution in [0.2, 0.25) is 0 Å². The van der Waals surface area contributed by atoms with Gasteiger partial charge in [-0.25, -0.2) is 4.98 Å². The van der Waals surface area contributed by atoms with Crippen LogP contribution in [0.3, 0.4) is 0 Å². The first-order valence-corrected chi connectivity index (χ1v) is 12.2. The fourth-order valence-corrected chi connectivity index (χ4v) is 5.48. The number of fused-ring (bicyclic) bond motifs is 1. The number of carboxylic acid groups (broad SMARTS) is 1. The van der Waals surface area contributed by atoms with Crippen LogP contribution < -0.4 is 9.64 Å². The van der Waals surface area contributed by atoms with E-state index in [2.05, 4.69) is 30.9 Å². The topological polar surface area (TPSA) is 62.7 Å². The number of aryl methyl sites for hydroxylation is 1. The molecule has 166 valence electrons. The summed E-state index contributed by atoms with van der Waals surface area (Å²) >= 11 is 1.80. The number of aliphatic carboxylic acids is 1. The van der Waals surface area contributed by atoms with Gasteiger partial charge in [-0.3, -0.25) is 4.79 Å². The zero-order valence-electron chi connectivity index (χ0n) is 18.5. The molecular weight excluding hydrogens is 408 g/mol. The highest BCUT2D eigenvalue weighted by Gasteiger charge is 2.20. The smallest absolute Gasteiger partial charge is 0.303 e. The number of anilines is 1. The molecule has 0 saturated carbocycles. The van der Waals surface area contributed by atoms with Crippen molar-refractivity contribution in [3.63, 3.8) is 0 Å². The summed E-state index contributed by atoms with van der Waals surface area (Å²) in [6.45, 7) is 7.31. The summed E-state index contributed by atoms with van der Waals surface area (Å²) in [5.41, 5.74) is 4.63. The zero-order chi connectivity index (χ0) is 21.8. The fourth-order valence-electron chi connectivity index (χ4n) is 4.48. The summed E-state index contributed by atoms with van der Waals surface area (Å²) < 4.78 is 6.21. The SMILES string of the molecule is Cc1sc(N2CCC(C)CC2)nc1CCOc1cccc2c1CCC=C2CCC(=O)O. The number of nitrogens with zero attached hydrogens (tertiary/aromatic N) is 2. The summed E-state index contributed by atoms with van der Waals surface area (Å²) in [6, 6.07) is 6.14. The van der Waals surface area contributed by atoms with Crippen molar-refractivity contribution in [2.75, 3.05) is 24.6 Å². The van der Waals surface area contributed by atoms with Crippen molar-refractivity contribution in [2.24, 2.45) is 5.92 Å². The molecule has 1 N–H and O–H groups in total. The lowest BCUT2D eigenvalue weighted by molar-refractivity contribution is -0.136. The maximum Gasteiger partial charge on any atom is 0.303 e. The second-order valence-corrected chi connectivity index (χ2v) is 9.89. The zero-order valence-corrected chi connectivity index (χ0v) is 19.3. The first-order valence-electron chi connectivity index (χ1n) is 11.4. The van der Waals surface area contributed by atoms with Crippen molar-refractivity contribution >= 4 is 28.0 Å². The van der Waals surface area contributed by atoms with E-state index in [4.69, 9.17) is 14.8 Å². The van der Waals surface area contributed by atoms with E-state index in [9.17, 15) is 4.79 Å². The molecule has 4 rings (SSSR count). The van der Waals surface area contributed by atoms with E-state index in [0.29, 0.717) is 13.0 Å². The molecule has 2 heterocycles. The van der Waals surface area contributed by atoms with Crippen LogP contribution in [0, 0.1) is 12.8 Å². The van der Waals surface area contributed by atoms with Crippen molar-refractivity contribution < 1.29 is 14.6 Å². The molecule has 6 heteroatoms. The summed E-state index contributed by atoms with van der Waals surface area (Å²) in [5, 5.41) is 10.2. The highest BCUT2D eigenvalue weighted by Crippen LogP contribution is 2.35. The van der Waals surface area contributed by atoms with Gasteiger partial charge >= 0.3 is 5.97 Å². The molecule has 5 nitrogen and oxygen atoms in total. The molecule has 1 aliphatic carbocycles. The lowest BCUT2D eigenvalue weighted by Crippen LogP contribution is -2.32. The van der Waals surface area contributed by atoms with Crippen LogP contribution in [0.5, 0.6) is 5.75 Å². The number of aromatic nitrogens is 1. The Morgan fingerprint density at radius 3 is 2.87 bits per heavy atom. The molecule has 2 aliphatic rings. The monoisotopic (exact) mass is 440 g/mol. The predicted molar refractivity (Wildman–Crippen MR) is 126 cm³/mol. The summed E-state index contributed by atoms with van der Waals surface area (Å²) in [4.78, 5) is 19.6. The first kappa shape index (κ1) is 21.9. The fraction of sp³-hybridized carbons (Fsp3) is 0.520. The minimum Gasteiger partial charge on any atom is -0.493 e. The van der Waals surface area contributed by atoms with Crippen LogP contribution in [0.1, 0.15) is 60.7 Å². The maximum absolute atomic E-state index is 11.0. The number of hydrogen-bond donors (Lipinski definition) is 1. The van der Waals surface area contributed by atoms with E-state index in [1.807, 2.05) is 12.1 Å². The molecule has 0 unspecified atom stereocenters. The third-order valence-corrected chi connectivity index (χ3v) is 7.48. The number of hydrogen-bond acceptors (Lipinski definition) is 5. The van der Waals surface area contributed by atoms with Crippen LogP contribution in [0.15, 0.2) is 24.3 Å². The molecule has 0 atom stereocenters. The van der Waals surface area contributed by atoms with Gasteiger partial charge in [0.05, 0.1) is 12.3 Å². The largest absolute Gasteiger partial charge is 0.493 e. The normalized spacial score (nSPS) is 16.7. The van der Waals surface area contributed by atoms with E-state index in [1.54, 1.807) is 11.3 Å². The lowest BCUT2D eigenvalue weighted by Gasteiger charge is -2.29. The molecule has 31 heavy (non-hydrogen) atoms. The van der Waals surface area contributed by atoms with E-state index in [-0.39, 0.29) is 6.42 Å². The molecule has 2 aromatic rings. The molecule has 1 saturated heterocycles. The molecule has 1 aromatic heterocycles. The van der Waals surface area contributed by atoms with E-state index >= 15 is 0 Å². The summed E-state index contributed by atoms with van der Waals surface area (Å²) in [5.74, 6) is 0.996. The van der Waals surface area contributed by atoms with Gasteiger partial charge in [0.2, 0.25) is 0 Å². The van der Waals surface area contributed by atoms with Gasteiger partial charge in [0.1, 0.15) is 5.75 Å². The van der Waals surface area contributed by atoms with Crippen LogP contribution >= 0.6 is 11.3 Å². The third kappa shape index (κ3) is 5.29. The Bertz CT molecular complexity index is 958. The Balaban J connectivity index is 1.38. The summed E-state index contributed by atoms with van der Waals surface area (Å²) in [7, 11) is 0. The van der Waals surface area contributed by atoms with Crippen molar-refractivity contribution in [2.45, 2.75) is 58.8 Å². The second kappa shape index (κ2) is 9.86. The number of carbonyl (C=O) groups is 1. The lowest BCUT2D eigenvalue weighted by atomic mass is 9.88. The number of piperidine rings is 1. The number of ether oxygens (including phenoxy) is 1. The molecule has 1 aromatic carbocycles. The van der Waals surface area contributed by atoms with Crippen LogP contribution in [-0.4, -0.2) is 35.8 Å². The average Bonchev–Trinajstić information content (AvgIpc) is 3.13. The van der Waals surface area contributed by atoms with Crippen molar-refractivity contribution in [3.8, 4) is 5.75 Å². The Hall–Kier alpha value is -2.34.